The molecule has 7 nitrogen and oxygen atoms in total. The number of Topliss-reactive ketones (excluding diaryl/α,β-unsaturated/α-hetero) is 1. The number of carbonyl (C=O) groups excluding carboxylic acids is 1. The molecule has 198 valence electrons. The number of nitrogens with zero attached hydrogens (tertiary/aromatic N) is 4. The van der Waals surface area contributed by atoms with E-state index in [2.05, 4.69) is 22.2 Å². The average molecular weight is 516 g/mol. The maximum atomic E-state index is 14.1. The largest absolute Gasteiger partial charge is 0.457 e. The molecule has 0 bridgehead atoms. The van der Waals surface area contributed by atoms with Gasteiger partial charge in [-0.25, -0.2) is 9.37 Å². The molecule has 0 spiro atoms. The lowest BCUT2D eigenvalue weighted by atomic mass is 9.90. The Morgan fingerprint density at radius 1 is 1.08 bits per heavy atom. The van der Waals surface area contributed by atoms with E-state index in [0.29, 0.717) is 29.4 Å². The van der Waals surface area contributed by atoms with Gasteiger partial charge in [0.15, 0.2) is 0 Å². The highest BCUT2D eigenvalue weighted by atomic mass is 19.1. The molecule has 5 rings (SSSR count). The number of aryl methyl sites for hydroxylation is 1. The number of halogens is 1. The van der Waals surface area contributed by atoms with Crippen molar-refractivity contribution in [1.82, 2.24) is 19.4 Å². The number of ether oxygens (including phenoxy) is 1. The highest BCUT2D eigenvalue weighted by Gasteiger charge is 2.23. The maximum Gasteiger partial charge on any atom is 0.208 e. The van der Waals surface area contributed by atoms with E-state index in [1.165, 1.54) is 6.07 Å². The first-order valence-corrected chi connectivity index (χ1v) is 13.1. The van der Waals surface area contributed by atoms with Crippen LogP contribution < -0.4 is 10.1 Å². The second-order valence-electron chi connectivity index (χ2n) is 10.5. The van der Waals surface area contributed by atoms with Crippen LogP contribution in [0.25, 0.3) is 11.0 Å². The highest BCUT2D eigenvalue weighted by molar-refractivity contribution is 5.83. The molecule has 3 heterocycles. The van der Waals surface area contributed by atoms with Crippen LogP contribution in [0.3, 0.4) is 0 Å². The topological polar surface area (TPSA) is 72.3 Å². The van der Waals surface area contributed by atoms with Gasteiger partial charge in [0, 0.05) is 43.4 Å². The van der Waals surface area contributed by atoms with Crippen LogP contribution in [0.15, 0.2) is 54.7 Å². The molecule has 2 aromatic carbocycles. The summed E-state index contributed by atoms with van der Waals surface area (Å²) in [4.78, 5) is 24.2. The zero-order chi connectivity index (χ0) is 26.8. The molecule has 1 fully saturated rings. The first-order chi connectivity index (χ1) is 18.3. The van der Waals surface area contributed by atoms with E-state index < -0.39 is 0 Å². The summed E-state index contributed by atoms with van der Waals surface area (Å²) in [5.74, 6) is 2.16. The van der Waals surface area contributed by atoms with Crippen molar-refractivity contribution in [3.05, 3.63) is 71.8 Å². The number of anilines is 2. The number of nitrogens with one attached hydrogen (secondary N) is 1. The maximum absolute atomic E-state index is 14.1. The predicted octanol–water partition coefficient (Wildman–Crippen LogP) is 6.22. The number of benzene rings is 2. The van der Waals surface area contributed by atoms with Crippen molar-refractivity contribution >= 4 is 28.5 Å². The smallest absolute Gasteiger partial charge is 0.208 e. The van der Waals surface area contributed by atoms with Gasteiger partial charge in [0.2, 0.25) is 5.95 Å². The van der Waals surface area contributed by atoms with Crippen molar-refractivity contribution in [2.75, 3.05) is 25.5 Å². The van der Waals surface area contributed by atoms with Crippen molar-refractivity contribution in [2.24, 2.45) is 13.0 Å². The molecule has 0 atom stereocenters. The van der Waals surface area contributed by atoms with E-state index in [1.807, 2.05) is 55.8 Å². The molecule has 0 unspecified atom stereocenters. The lowest BCUT2D eigenvalue weighted by Gasteiger charge is -2.27. The molecule has 1 aliphatic rings. The third-order valence-corrected chi connectivity index (χ3v) is 7.28. The van der Waals surface area contributed by atoms with Gasteiger partial charge >= 0.3 is 0 Å². The number of aromatic nitrogens is 3. The molecule has 1 N–H and O–H groups in total. The summed E-state index contributed by atoms with van der Waals surface area (Å²) in [5, 5.41) is 3.31. The number of hydrogen-bond donors (Lipinski definition) is 1. The van der Waals surface area contributed by atoms with Crippen molar-refractivity contribution in [1.29, 1.82) is 0 Å². The van der Waals surface area contributed by atoms with Crippen LogP contribution in [0, 0.1) is 11.7 Å². The van der Waals surface area contributed by atoms with Crippen molar-refractivity contribution in [3.8, 4) is 11.5 Å². The summed E-state index contributed by atoms with van der Waals surface area (Å²) in [6.07, 6.45) is 3.82. The molecule has 0 saturated carbocycles. The summed E-state index contributed by atoms with van der Waals surface area (Å²) in [6, 6.07) is 14.4. The SMILES string of the molecule is CC(C)c1cc(Nc2nc3cc(Oc4ccnc(CC(=O)C5CCN(C)CC5)c4)ccc3n2C)ccc1F. The lowest BCUT2D eigenvalue weighted by molar-refractivity contribution is -0.123. The normalized spacial score (nSPS) is 14.8. The number of piperidine rings is 1. The molecule has 1 saturated heterocycles. The Morgan fingerprint density at radius 3 is 2.61 bits per heavy atom. The average Bonchev–Trinajstić information content (AvgIpc) is 3.19. The van der Waals surface area contributed by atoms with Crippen molar-refractivity contribution in [2.45, 2.75) is 39.0 Å². The quantitative estimate of drug-likeness (QED) is 0.300. The van der Waals surface area contributed by atoms with Gasteiger partial charge in [0.25, 0.3) is 0 Å². The lowest BCUT2D eigenvalue weighted by Crippen LogP contribution is -2.34. The van der Waals surface area contributed by atoms with Crippen LogP contribution in [-0.4, -0.2) is 45.4 Å². The molecule has 4 aromatic rings. The Balaban J connectivity index is 1.30. The Labute approximate surface area is 222 Å². The fourth-order valence-corrected chi connectivity index (χ4v) is 4.95. The highest BCUT2D eigenvalue weighted by Crippen LogP contribution is 2.30. The third kappa shape index (κ3) is 5.70. The number of imidazole rings is 1. The number of carbonyl (C=O) groups is 1. The molecule has 0 radical (unpaired) electrons. The predicted molar refractivity (Wildman–Crippen MR) is 148 cm³/mol. The minimum atomic E-state index is -0.206. The van der Waals surface area contributed by atoms with Gasteiger partial charge < -0.3 is 19.5 Å². The van der Waals surface area contributed by atoms with Crippen molar-refractivity contribution in [3.63, 3.8) is 0 Å². The van der Waals surface area contributed by atoms with Gasteiger partial charge in [-0.3, -0.25) is 9.78 Å². The summed E-state index contributed by atoms with van der Waals surface area (Å²) in [6.45, 7) is 5.86. The zero-order valence-electron chi connectivity index (χ0n) is 22.4. The van der Waals surface area contributed by atoms with Gasteiger partial charge in [-0.15, -0.1) is 0 Å². The van der Waals surface area contributed by atoms with E-state index in [9.17, 15) is 9.18 Å². The van der Waals surface area contributed by atoms with E-state index in [0.717, 1.165) is 48.3 Å². The molecule has 0 amide bonds. The molecular weight excluding hydrogens is 481 g/mol. The number of likely N-dealkylation sites (tertiary alicyclic amines) is 1. The van der Waals surface area contributed by atoms with Crippen molar-refractivity contribution < 1.29 is 13.9 Å². The Kier molecular flexibility index (Phi) is 7.42. The molecule has 38 heavy (non-hydrogen) atoms. The standard InChI is InChI=1S/C30H34FN5O2/c1-19(2)25-16-21(5-7-26(25)31)33-30-34-27-18-23(6-8-28(27)36(30)4)38-24-9-12-32-22(15-24)17-29(37)20-10-13-35(3)14-11-20/h5-9,12,15-16,18-20H,10-11,13-14,17H2,1-4H3,(H,33,34). The van der Waals surface area contributed by atoms with Gasteiger partial charge in [0.05, 0.1) is 16.7 Å². The Morgan fingerprint density at radius 2 is 1.84 bits per heavy atom. The van der Waals surface area contributed by atoms with Crippen LogP contribution in [0.4, 0.5) is 16.0 Å². The molecule has 8 heteroatoms. The number of rotatable bonds is 8. The van der Waals surface area contributed by atoms with E-state index in [1.54, 1.807) is 18.3 Å². The van der Waals surface area contributed by atoms with Gasteiger partial charge in [-0.05, 0) is 80.9 Å². The minimum Gasteiger partial charge on any atom is -0.457 e. The number of fused-ring (bicyclic) bond motifs is 1. The summed E-state index contributed by atoms with van der Waals surface area (Å²) in [7, 11) is 4.03. The Bertz CT molecular complexity index is 1460. The van der Waals surface area contributed by atoms with Crippen LogP contribution in [0.5, 0.6) is 11.5 Å². The molecule has 0 aliphatic carbocycles. The number of ketones is 1. The summed E-state index contributed by atoms with van der Waals surface area (Å²) >= 11 is 0. The van der Waals surface area contributed by atoms with E-state index in [-0.39, 0.29) is 23.4 Å². The first kappa shape index (κ1) is 25.9. The third-order valence-electron chi connectivity index (χ3n) is 7.28. The number of hydrogen-bond acceptors (Lipinski definition) is 6. The van der Waals surface area contributed by atoms with E-state index in [4.69, 9.17) is 9.72 Å². The zero-order valence-corrected chi connectivity index (χ0v) is 22.4. The van der Waals surface area contributed by atoms with Gasteiger partial charge in [-0.2, -0.15) is 0 Å². The molecule has 1 aliphatic heterocycles. The number of pyridine rings is 1. The first-order valence-electron chi connectivity index (χ1n) is 13.1. The van der Waals surface area contributed by atoms with Crippen LogP contribution in [-0.2, 0) is 18.3 Å². The van der Waals surface area contributed by atoms with E-state index >= 15 is 0 Å². The monoisotopic (exact) mass is 515 g/mol. The van der Waals surface area contributed by atoms with Gasteiger partial charge in [-0.1, -0.05) is 13.8 Å². The Hall–Kier alpha value is -3.78. The fraction of sp³-hybridized carbons (Fsp3) is 0.367. The summed E-state index contributed by atoms with van der Waals surface area (Å²) < 4.78 is 22.2. The second kappa shape index (κ2) is 10.9. The molecular formula is C30H34FN5O2. The fourth-order valence-electron chi connectivity index (χ4n) is 4.95. The molecule has 2 aromatic heterocycles. The minimum absolute atomic E-state index is 0.0815. The summed E-state index contributed by atoms with van der Waals surface area (Å²) in [5.41, 5.74) is 3.87. The van der Waals surface area contributed by atoms with Gasteiger partial charge in [0.1, 0.15) is 23.1 Å². The van der Waals surface area contributed by atoms with Crippen LogP contribution in [0.1, 0.15) is 43.9 Å². The van der Waals surface area contributed by atoms with Crippen LogP contribution >= 0.6 is 0 Å². The van der Waals surface area contributed by atoms with Crippen LogP contribution in [0.2, 0.25) is 0 Å². The second-order valence-corrected chi connectivity index (χ2v) is 10.5.